The first-order valence-electron chi connectivity index (χ1n) is 2.55. The zero-order valence-electron chi connectivity index (χ0n) is 5.72. The molecule has 0 heterocycles. The van der Waals surface area contributed by atoms with Crippen molar-refractivity contribution in [3.8, 4) is 0 Å². The summed E-state index contributed by atoms with van der Waals surface area (Å²) in [7, 11) is -5.73. The molecule has 0 fully saturated rings. The third kappa shape index (κ3) is 4.83. The highest BCUT2D eigenvalue weighted by Crippen LogP contribution is 2.50. The maximum atomic E-state index is 10.7. The molecule has 0 amide bonds. The molecular formula is C4H9O4P2+. The first kappa shape index (κ1) is 9.99. The Labute approximate surface area is 60.3 Å². The summed E-state index contributed by atoms with van der Waals surface area (Å²) in [5.74, 6) is 0.990. The van der Waals surface area contributed by atoms with Gasteiger partial charge in [0.15, 0.2) is 6.66 Å². The first-order chi connectivity index (χ1) is 4.48. The Morgan fingerprint density at radius 2 is 2.20 bits per heavy atom. The molecule has 10 heavy (non-hydrogen) atoms. The topological polar surface area (TPSA) is 63.6 Å². The lowest BCUT2D eigenvalue weighted by Crippen LogP contribution is -1.74. The van der Waals surface area contributed by atoms with Gasteiger partial charge in [0.05, 0.1) is 0 Å². The van der Waals surface area contributed by atoms with Gasteiger partial charge >= 0.3 is 15.6 Å². The van der Waals surface area contributed by atoms with Gasteiger partial charge in [-0.2, -0.15) is 0 Å². The van der Waals surface area contributed by atoms with Gasteiger partial charge in [-0.3, -0.25) is 4.57 Å². The van der Waals surface area contributed by atoms with Crippen molar-refractivity contribution in [1.29, 1.82) is 0 Å². The van der Waals surface area contributed by atoms with Gasteiger partial charge in [0.1, 0.15) is 0 Å². The number of hydrogen-bond acceptors (Lipinski definition) is 3. The molecule has 0 saturated heterocycles. The molecule has 2 unspecified atom stereocenters. The summed E-state index contributed by atoms with van der Waals surface area (Å²) in [6, 6.07) is 0. The molecule has 0 radical (unpaired) electrons. The van der Waals surface area contributed by atoms with Crippen LogP contribution in [0.4, 0.5) is 0 Å². The van der Waals surface area contributed by atoms with Crippen molar-refractivity contribution in [2.24, 2.45) is 0 Å². The number of allylic oxidation sites excluding steroid dienone is 1. The smallest absolute Gasteiger partial charge is 0.319 e. The Morgan fingerprint density at radius 3 is 2.50 bits per heavy atom. The highest BCUT2D eigenvalue weighted by Gasteiger charge is 2.25. The summed E-state index contributed by atoms with van der Waals surface area (Å²) in [4.78, 5) is 8.75. The van der Waals surface area contributed by atoms with E-state index in [1.807, 2.05) is 0 Å². The minimum Gasteiger partial charge on any atom is -0.319 e. The number of hydrogen-bond donors (Lipinski definition) is 1. The normalized spacial score (nSPS) is 18.9. The molecule has 0 aliphatic rings. The van der Waals surface area contributed by atoms with Crippen molar-refractivity contribution in [2.75, 3.05) is 6.66 Å². The Morgan fingerprint density at radius 1 is 1.70 bits per heavy atom. The first-order valence-corrected chi connectivity index (χ1v) is 5.82. The van der Waals surface area contributed by atoms with Crippen LogP contribution in [-0.4, -0.2) is 11.6 Å². The van der Waals surface area contributed by atoms with Gasteiger partial charge in [0, 0.05) is 5.82 Å². The fourth-order valence-corrected chi connectivity index (χ4v) is 2.29. The predicted molar refractivity (Wildman–Crippen MR) is 39.3 cm³/mol. The molecule has 0 aromatic rings. The summed E-state index contributed by atoms with van der Waals surface area (Å²) < 4.78 is 25.2. The van der Waals surface area contributed by atoms with Crippen molar-refractivity contribution in [3.63, 3.8) is 0 Å². The van der Waals surface area contributed by atoms with Gasteiger partial charge in [0.2, 0.25) is 0 Å². The van der Waals surface area contributed by atoms with Crippen LogP contribution in [0, 0.1) is 0 Å². The minimum atomic E-state index is -3.71. The third-order valence-electron chi connectivity index (χ3n) is 0.569. The van der Waals surface area contributed by atoms with Crippen LogP contribution in [0.3, 0.4) is 0 Å². The van der Waals surface area contributed by atoms with E-state index in [0.29, 0.717) is 0 Å². The van der Waals surface area contributed by atoms with Crippen LogP contribution >= 0.6 is 15.6 Å². The van der Waals surface area contributed by atoms with Crippen LogP contribution in [0.1, 0.15) is 6.92 Å². The zero-order chi connectivity index (χ0) is 8.20. The molecule has 0 aliphatic heterocycles. The quantitative estimate of drug-likeness (QED) is 0.680. The minimum absolute atomic E-state index is 0.990. The van der Waals surface area contributed by atoms with Gasteiger partial charge in [0.25, 0.3) is 0 Å². The largest absolute Gasteiger partial charge is 0.513 e. The Hall–Kier alpha value is -0.0100. The van der Waals surface area contributed by atoms with E-state index in [4.69, 9.17) is 4.89 Å². The summed E-state index contributed by atoms with van der Waals surface area (Å²) in [6.45, 7) is 2.80. The summed E-state index contributed by atoms with van der Waals surface area (Å²) in [6.07, 6.45) is 1.37. The fraction of sp³-hybridized carbons (Fsp3) is 0.500. The molecule has 2 atom stereocenters. The Kier molecular flexibility index (Phi) is 3.99. The highest BCUT2D eigenvalue weighted by atomic mass is 31.2. The lowest BCUT2D eigenvalue weighted by atomic mass is 10.8. The molecule has 0 spiro atoms. The van der Waals surface area contributed by atoms with E-state index in [-0.39, 0.29) is 0 Å². The third-order valence-corrected chi connectivity index (χ3v) is 3.10. The summed E-state index contributed by atoms with van der Waals surface area (Å²) in [5.41, 5.74) is 0. The second-order valence-electron chi connectivity index (χ2n) is 1.57. The maximum Gasteiger partial charge on any atom is 0.513 e. The van der Waals surface area contributed by atoms with Gasteiger partial charge in [-0.25, -0.2) is 0 Å². The molecule has 0 saturated carbocycles. The van der Waals surface area contributed by atoms with E-state index >= 15 is 0 Å². The van der Waals surface area contributed by atoms with Crippen LogP contribution in [0.2, 0.25) is 0 Å². The zero-order valence-corrected chi connectivity index (χ0v) is 7.51. The Bertz CT molecular complexity index is 197. The molecule has 0 bridgehead atoms. The van der Waals surface area contributed by atoms with Crippen LogP contribution < -0.4 is 0 Å². The second-order valence-corrected chi connectivity index (χ2v) is 4.53. The molecule has 0 rings (SSSR count). The van der Waals surface area contributed by atoms with Crippen LogP contribution in [0.15, 0.2) is 11.9 Å². The molecular weight excluding hydrogens is 174 g/mol. The van der Waals surface area contributed by atoms with Gasteiger partial charge in [-0.15, -0.1) is 0 Å². The second kappa shape index (κ2) is 3.99. The van der Waals surface area contributed by atoms with Crippen molar-refractivity contribution in [2.45, 2.75) is 6.92 Å². The SMILES string of the molecule is C/C=C/P(=O)(O)O[P+](C)=O. The van der Waals surface area contributed by atoms with Crippen molar-refractivity contribution in [3.05, 3.63) is 11.9 Å². The lowest BCUT2D eigenvalue weighted by Gasteiger charge is -1.93. The molecule has 0 aromatic heterocycles. The van der Waals surface area contributed by atoms with Crippen LogP contribution in [0.25, 0.3) is 0 Å². The van der Waals surface area contributed by atoms with E-state index < -0.39 is 15.6 Å². The van der Waals surface area contributed by atoms with Gasteiger partial charge < -0.3 is 4.89 Å². The molecule has 6 heteroatoms. The van der Waals surface area contributed by atoms with Crippen LogP contribution in [0.5, 0.6) is 0 Å². The van der Waals surface area contributed by atoms with Crippen molar-refractivity contribution >= 4 is 15.6 Å². The van der Waals surface area contributed by atoms with Crippen molar-refractivity contribution < 1.29 is 18.3 Å². The monoisotopic (exact) mass is 183 g/mol. The summed E-state index contributed by atoms with van der Waals surface area (Å²) in [5, 5.41) is 0. The highest BCUT2D eigenvalue weighted by molar-refractivity contribution is 7.63. The fourth-order valence-electron chi connectivity index (χ4n) is 0.380. The van der Waals surface area contributed by atoms with Gasteiger partial charge in [-0.05, 0) is 11.5 Å². The van der Waals surface area contributed by atoms with E-state index in [9.17, 15) is 9.13 Å². The number of rotatable bonds is 3. The predicted octanol–water partition coefficient (Wildman–Crippen LogP) is 2.09. The summed E-state index contributed by atoms with van der Waals surface area (Å²) >= 11 is 0. The maximum absolute atomic E-state index is 10.7. The van der Waals surface area contributed by atoms with Gasteiger partial charge in [-0.1, -0.05) is 10.4 Å². The van der Waals surface area contributed by atoms with E-state index in [0.717, 1.165) is 5.82 Å². The molecule has 1 N–H and O–H groups in total. The molecule has 0 aliphatic carbocycles. The van der Waals surface area contributed by atoms with E-state index in [1.165, 1.54) is 12.7 Å². The van der Waals surface area contributed by atoms with E-state index in [2.05, 4.69) is 4.31 Å². The average Bonchev–Trinajstić information content (AvgIpc) is 1.59. The standard InChI is InChI=1S/C4H8O4P2/c1-3-4-10(6,7)8-9(2)5/h3-4H,1-2H3/p+1/b4-3+. The van der Waals surface area contributed by atoms with Crippen LogP contribution in [-0.2, 0) is 13.4 Å². The Balaban J connectivity index is 4.14. The lowest BCUT2D eigenvalue weighted by molar-refractivity contribution is 0.396. The van der Waals surface area contributed by atoms with Crippen molar-refractivity contribution in [1.82, 2.24) is 0 Å². The average molecular weight is 183 g/mol. The molecule has 4 nitrogen and oxygen atoms in total. The van der Waals surface area contributed by atoms with E-state index in [1.54, 1.807) is 6.92 Å². The molecule has 58 valence electrons. The molecule has 0 aromatic carbocycles.